The van der Waals surface area contributed by atoms with Crippen LogP contribution in [0.2, 0.25) is 0 Å². The van der Waals surface area contributed by atoms with Crippen molar-refractivity contribution < 1.29 is 43.9 Å². The van der Waals surface area contributed by atoms with E-state index < -0.39 is 36.3 Å². The number of ether oxygens (including phenoxy) is 3. The van der Waals surface area contributed by atoms with Crippen LogP contribution in [-0.4, -0.2) is 51.6 Å². The predicted molar refractivity (Wildman–Crippen MR) is 79.7 cm³/mol. The maximum absolute atomic E-state index is 11.6. The van der Waals surface area contributed by atoms with Gasteiger partial charge in [0.15, 0.2) is 0 Å². The zero-order valence-corrected chi connectivity index (χ0v) is 13.6. The number of aliphatic hydroxyl groups excluding tert-OH is 1. The molecule has 0 radical (unpaired) electrons. The minimum atomic E-state index is -3.57. The molecule has 0 bridgehead atoms. The molecule has 9 nitrogen and oxygen atoms in total. The number of esters is 3. The molecule has 9 heteroatoms. The molecule has 0 aromatic rings. The first-order valence-corrected chi connectivity index (χ1v) is 6.51. The van der Waals surface area contributed by atoms with Crippen LogP contribution in [-0.2, 0) is 28.6 Å². The van der Waals surface area contributed by atoms with Crippen molar-refractivity contribution in [2.75, 3.05) is 6.61 Å². The second-order valence-electron chi connectivity index (χ2n) is 5.03. The lowest BCUT2D eigenvalue weighted by atomic mass is 10.2. The van der Waals surface area contributed by atoms with Crippen LogP contribution in [0.1, 0.15) is 20.8 Å². The fourth-order valence-electron chi connectivity index (χ4n) is 1.04. The Bertz CT molecular complexity index is 562. The van der Waals surface area contributed by atoms with E-state index in [4.69, 9.17) is 0 Å². The van der Waals surface area contributed by atoms with Gasteiger partial charge < -0.3 is 29.5 Å². The number of aliphatic hydroxyl groups is 3. The molecule has 0 saturated heterocycles. The van der Waals surface area contributed by atoms with E-state index in [-0.39, 0.29) is 16.7 Å². The molecular weight excluding hydrogens is 324 g/mol. The Labute approximate surface area is 138 Å². The van der Waals surface area contributed by atoms with Gasteiger partial charge in [0, 0.05) is 16.7 Å². The summed E-state index contributed by atoms with van der Waals surface area (Å²) in [4.78, 5) is 34.9. The summed E-state index contributed by atoms with van der Waals surface area (Å²) in [5.74, 6) is -10.8. The molecule has 0 fully saturated rings. The van der Waals surface area contributed by atoms with Crippen molar-refractivity contribution in [3.63, 3.8) is 0 Å². The molecule has 0 aliphatic heterocycles. The molecule has 1 atom stereocenters. The molecule has 0 rings (SSSR count). The summed E-state index contributed by atoms with van der Waals surface area (Å²) in [6, 6.07) is 0. The molecule has 0 aromatic carbocycles. The minimum absolute atomic E-state index is 0.221. The Kier molecular flexibility index (Phi) is 7.05. The van der Waals surface area contributed by atoms with E-state index in [2.05, 4.69) is 33.9 Å². The molecule has 0 aliphatic rings. The molecule has 0 heterocycles. The first-order valence-electron chi connectivity index (χ1n) is 6.51. The number of rotatable bonds is 8. The highest BCUT2D eigenvalue weighted by Gasteiger charge is 2.61. The van der Waals surface area contributed by atoms with Gasteiger partial charge in [-0.25, -0.2) is 14.4 Å². The highest BCUT2D eigenvalue weighted by atomic mass is 16.9. The zero-order chi connectivity index (χ0) is 19.3. The lowest BCUT2D eigenvalue weighted by Gasteiger charge is -2.38. The van der Waals surface area contributed by atoms with Crippen molar-refractivity contribution in [2.45, 2.75) is 32.5 Å². The predicted octanol–water partition coefficient (Wildman–Crippen LogP) is -0.329. The van der Waals surface area contributed by atoms with Crippen LogP contribution >= 0.6 is 0 Å². The van der Waals surface area contributed by atoms with Gasteiger partial charge in [-0.2, -0.15) is 0 Å². The van der Waals surface area contributed by atoms with E-state index in [9.17, 15) is 29.7 Å². The molecule has 0 spiro atoms. The van der Waals surface area contributed by atoms with Crippen molar-refractivity contribution in [2.24, 2.45) is 0 Å². The smallest absolute Gasteiger partial charge is 0.416 e. The summed E-state index contributed by atoms with van der Waals surface area (Å²) in [5, 5.41) is 29.8. The third-order valence-electron chi connectivity index (χ3n) is 2.48. The first-order chi connectivity index (χ1) is 10.8. The van der Waals surface area contributed by atoms with Crippen LogP contribution in [0.5, 0.6) is 0 Å². The molecule has 0 aliphatic carbocycles. The van der Waals surface area contributed by atoms with Crippen molar-refractivity contribution >= 4 is 17.9 Å². The topological polar surface area (TPSA) is 140 Å². The largest absolute Gasteiger partial charge is 0.446 e. The van der Waals surface area contributed by atoms with Crippen molar-refractivity contribution in [1.82, 2.24) is 0 Å². The summed E-state index contributed by atoms with van der Waals surface area (Å²) in [6.07, 6.45) is 0. The maximum atomic E-state index is 11.6. The van der Waals surface area contributed by atoms with Gasteiger partial charge in [-0.1, -0.05) is 19.7 Å². The number of hydrogen-bond acceptors (Lipinski definition) is 9. The fraction of sp³-hybridized carbons (Fsp3) is 0.400. The van der Waals surface area contributed by atoms with Crippen molar-refractivity contribution in [3.05, 3.63) is 36.5 Å². The Hall–Kier alpha value is -2.49. The average Bonchev–Trinajstić information content (AvgIpc) is 2.45. The van der Waals surface area contributed by atoms with Gasteiger partial charge in [-0.05, 0) is 20.8 Å². The van der Waals surface area contributed by atoms with Crippen LogP contribution < -0.4 is 0 Å². The molecule has 0 saturated carbocycles. The van der Waals surface area contributed by atoms with Gasteiger partial charge in [-0.15, -0.1) is 0 Å². The fourth-order valence-corrected chi connectivity index (χ4v) is 1.04. The summed E-state index contributed by atoms with van der Waals surface area (Å²) in [7, 11) is 0. The van der Waals surface area contributed by atoms with Crippen LogP contribution in [0, 0.1) is 0 Å². The van der Waals surface area contributed by atoms with Gasteiger partial charge >= 0.3 is 29.7 Å². The lowest BCUT2D eigenvalue weighted by molar-refractivity contribution is -0.446. The second kappa shape index (κ2) is 7.86. The number of carbonyl (C=O) groups excluding carboxylic acids is 3. The number of hydrogen-bond donors (Lipinski definition) is 3. The molecule has 0 aromatic heterocycles. The van der Waals surface area contributed by atoms with Gasteiger partial charge in [0.25, 0.3) is 0 Å². The highest BCUT2D eigenvalue weighted by molar-refractivity contribution is 5.89. The third-order valence-corrected chi connectivity index (χ3v) is 2.48. The van der Waals surface area contributed by atoms with E-state index >= 15 is 0 Å². The first kappa shape index (κ1) is 21.5. The van der Waals surface area contributed by atoms with Crippen LogP contribution in [0.15, 0.2) is 36.5 Å². The lowest BCUT2D eigenvalue weighted by Crippen LogP contribution is -2.63. The van der Waals surface area contributed by atoms with Gasteiger partial charge in [-0.3, -0.25) is 0 Å². The molecule has 1 unspecified atom stereocenters. The summed E-state index contributed by atoms with van der Waals surface area (Å²) < 4.78 is 13.4. The van der Waals surface area contributed by atoms with E-state index in [0.29, 0.717) is 0 Å². The quantitative estimate of drug-likeness (QED) is 0.307. The molecular formula is C15H20O9. The van der Waals surface area contributed by atoms with Crippen molar-refractivity contribution in [3.8, 4) is 0 Å². The average molecular weight is 344 g/mol. The Morgan fingerprint density at radius 1 is 0.792 bits per heavy atom. The highest BCUT2D eigenvalue weighted by Crippen LogP contribution is 2.29. The molecule has 134 valence electrons. The van der Waals surface area contributed by atoms with E-state index in [1.165, 1.54) is 20.8 Å². The standard InChI is InChI=1S/C15H20O9/c1-8(2)11(17)22-14(20,7-16)15(21,23-12(18)9(3)4)24-13(19)10(5)6/h16,20-21H,1,3,5,7H2,2,4,6H3. The Balaban J connectivity index is 5.93. The summed E-state index contributed by atoms with van der Waals surface area (Å²) >= 11 is 0. The monoisotopic (exact) mass is 344 g/mol. The number of carbonyl (C=O) groups is 3. The Morgan fingerprint density at radius 3 is 1.33 bits per heavy atom. The minimum Gasteiger partial charge on any atom is -0.416 e. The molecule has 3 N–H and O–H groups in total. The van der Waals surface area contributed by atoms with Crippen LogP contribution in [0.4, 0.5) is 0 Å². The summed E-state index contributed by atoms with van der Waals surface area (Å²) in [5.41, 5.74) is -0.709. The molecule has 0 amide bonds. The van der Waals surface area contributed by atoms with E-state index in [0.717, 1.165) is 0 Å². The van der Waals surface area contributed by atoms with E-state index in [1.807, 2.05) is 0 Å². The third kappa shape index (κ3) is 5.01. The maximum Gasteiger partial charge on any atom is 0.446 e. The normalized spacial score (nSPS) is 13.2. The molecule has 24 heavy (non-hydrogen) atoms. The van der Waals surface area contributed by atoms with E-state index in [1.54, 1.807) is 0 Å². The Morgan fingerprint density at radius 2 is 1.08 bits per heavy atom. The second-order valence-corrected chi connectivity index (χ2v) is 5.03. The van der Waals surface area contributed by atoms with Gasteiger partial charge in [0.1, 0.15) is 6.61 Å². The van der Waals surface area contributed by atoms with Crippen LogP contribution in [0.25, 0.3) is 0 Å². The van der Waals surface area contributed by atoms with Gasteiger partial charge in [0.2, 0.25) is 0 Å². The zero-order valence-electron chi connectivity index (χ0n) is 13.6. The van der Waals surface area contributed by atoms with Gasteiger partial charge in [0.05, 0.1) is 0 Å². The SMILES string of the molecule is C=C(C)C(=O)OC(O)(CO)C(O)(OC(=O)C(=C)C)OC(=O)C(=C)C. The summed E-state index contributed by atoms with van der Waals surface area (Å²) in [6.45, 7) is 11.8. The van der Waals surface area contributed by atoms with Crippen LogP contribution in [0.3, 0.4) is 0 Å². The van der Waals surface area contributed by atoms with Crippen molar-refractivity contribution in [1.29, 1.82) is 0 Å².